The van der Waals surface area contributed by atoms with Crippen molar-refractivity contribution in [1.82, 2.24) is 10.2 Å². The molecule has 4 rings (SSSR count). The molecule has 2 N–H and O–H groups in total. The Hall–Kier alpha value is -2.04. The van der Waals surface area contributed by atoms with Crippen LogP contribution in [0.5, 0.6) is 0 Å². The van der Waals surface area contributed by atoms with E-state index in [1.54, 1.807) is 0 Å². The number of likely N-dealkylation sites (tertiary alicyclic amines) is 1. The molecule has 2 aliphatic carbocycles. The van der Waals surface area contributed by atoms with Crippen LogP contribution >= 0.6 is 0 Å². The molecular formula is C22H31N3O2. The standard InChI is InChI=1S/C22H31N3O2/c1-14-6-5-7-18(21(26)25-10-3-4-11-25)20(14)24-22(27)23-15(2)19-13-16-8-9-17(19)12-16/h5-7,15-17,19H,3-4,8-13H2,1-2H3,(H2,23,24,27)/t15-,16+,17+,19-/m1/s1. The Balaban J connectivity index is 1.43. The van der Waals surface area contributed by atoms with Gasteiger partial charge in [-0.15, -0.1) is 0 Å². The summed E-state index contributed by atoms with van der Waals surface area (Å²) in [5.74, 6) is 2.26. The molecule has 2 bridgehead atoms. The number of rotatable bonds is 4. The third-order valence-electron chi connectivity index (χ3n) is 6.93. The van der Waals surface area contributed by atoms with Crippen molar-refractivity contribution < 1.29 is 9.59 Å². The third-order valence-corrected chi connectivity index (χ3v) is 6.93. The molecule has 3 amide bonds. The molecule has 5 nitrogen and oxygen atoms in total. The van der Waals surface area contributed by atoms with Crippen LogP contribution in [0.25, 0.3) is 0 Å². The highest BCUT2D eigenvalue weighted by molar-refractivity contribution is 6.04. The highest BCUT2D eigenvalue weighted by atomic mass is 16.2. The number of carbonyl (C=O) groups excluding carboxylic acids is 2. The molecule has 3 aliphatic rings. The van der Waals surface area contributed by atoms with Crippen molar-refractivity contribution in [3.05, 3.63) is 29.3 Å². The fourth-order valence-electron chi connectivity index (χ4n) is 5.47. The summed E-state index contributed by atoms with van der Waals surface area (Å²) in [6.07, 6.45) is 7.38. The van der Waals surface area contributed by atoms with Gasteiger partial charge in [-0.25, -0.2) is 4.79 Å². The summed E-state index contributed by atoms with van der Waals surface area (Å²) < 4.78 is 0. The van der Waals surface area contributed by atoms with E-state index in [9.17, 15) is 9.59 Å². The van der Waals surface area contributed by atoms with Gasteiger partial charge in [0.2, 0.25) is 0 Å². The van der Waals surface area contributed by atoms with Gasteiger partial charge >= 0.3 is 6.03 Å². The summed E-state index contributed by atoms with van der Waals surface area (Å²) in [7, 11) is 0. The van der Waals surface area contributed by atoms with Gasteiger partial charge in [0, 0.05) is 19.1 Å². The highest BCUT2D eigenvalue weighted by Crippen LogP contribution is 2.49. The number of nitrogens with zero attached hydrogens (tertiary/aromatic N) is 1. The maximum Gasteiger partial charge on any atom is 0.319 e. The van der Waals surface area contributed by atoms with E-state index in [0.717, 1.165) is 43.3 Å². The Kier molecular flexibility index (Phi) is 5.11. The Morgan fingerprint density at radius 3 is 2.59 bits per heavy atom. The number of hydrogen-bond acceptors (Lipinski definition) is 2. The zero-order valence-corrected chi connectivity index (χ0v) is 16.5. The minimum absolute atomic E-state index is 0.0210. The number of urea groups is 1. The lowest BCUT2D eigenvalue weighted by Gasteiger charge is -2.28. The molecule has 1 saturated heterocycles. The molecule has 4 atom stereocenters. The first-order valence-electron chi connectivity index (χ1n) is 10.5. The van der Waals surface area contributed by atoms with E-state index in [4.69, 9.17) is 0 Å². The van der Waals surface area contributed by atoms with Gasteiger partial charge in [-0.05, 0) is 75.3 Å². The van der Waals surface area contributed by atoms with Crippen molar-refractivity contribution in [2.24, 2.45) is 17.8 Å². The van der Waals surface area contributed by atoms with Crippen LogP contribution in [0.2, 0.25) is 0 Å². The van der Waals surface area contributed by atoms with Crippen LogP contribution in [0.15, 0.2) is 18.2 Å². The van der Waals surface area contributed by atoms with Crippen LogP contribution in [0.3, 0.4) is 0 Å². The summed E-state index contributed by atoms with van der Waals surface area (Å²) in [5.41, 5.74) is 2.16. The lowest BCUT2D eigenvalue weighted by Crippen LogP contribution is -2.42. The maximum absolute atomic E-state index is 12.9. The van der Waals surface area contributed by atoms with E-state index < -0.39 is 0 Å². The smallest absolute Gasteiger partial charge is 0.319 e. The lowest BCUT2D eigenvalue weighted by molar-refractivity contribution is 0.0794. The fourth-order valence-corrected chi connectivity index (χ4v) is 5.47. The second-order valence-corrected chi connectivity index (χ2v) is 8.72. The average Bonchev–Trinajstić information content (AvgIpc) is 3.40. The van der Waals surface area contributed by atoms with Gasteiger partial charge < -0.3 is 15.5 Å². The van der Waals surface area contributed by atoms with Crippen molar-refractivity contribution in [2.75, 3.05) is 18.4 Å². The molecule has 146 valence electrons. The molecular weight excluding hydrogens is 338 g/mol. The second kappa shape index (κ2) is 7.53. The van der Waals surface area contributed by atoms with Crippen LogP contribution in [-0.2, 0) is 0 Å². The molecule has 0 aromatic heterocycles. The Morgan fingerprint density at radius 2 is 1.93 bits per heavy atom. The van der Waals surface area contributed by atoms with Crippen molar-refractivity contribution in [3.63, 3.8) is 0 Å². The van der Waals surface area contributed by atoms with Crippen molar-refractivity contribution in [3.8, 4) is 0 Å². The van der Waals surface area contributed by atoms with Crippen LogP contribution in [0, 0.1) is 24.7 Å². The molecule has 0 unspecified atom stereocenters. The molecule has 1 heterocycles. The first-order chi connectivity index (χ1) is 13.0. The lowest BCUT2D eigenvalue weighted by atomic mass is 9.84. The number of nitrogens with one attached hydrogen (secondary N) is 2. The van der Waals surface area contributed by atoms with Crippen LogP contribution in [0.1, 0.15) is 61.4 Å². The Labute approximate surface area is 161 Å². The summed E-state index contributed by atoms with van der Waals surface area (Å²) in [6.45, 7) is 5.67. The quantitative estimate of drug-likeness (QED) is 0.836. The van der Waals surface area contributed by atoms with Crippen LogP contribution in [-0.4, -0.2) is 36.0 Å². The summed E-state index contributed by atoms with van der Waals surface area (Å²) in [5, 5.41) is 6.13. The molecule has 1 aliphatic heterocycles. The number of aryl methyl sites for hydroxylation is 1. The van der Waals surface area contributed by atoms with Crippen molar-refractivity contribution in [1.29, 1.82) is 0 Å². The van der Waals surface area contributed by atoms with Crippen molar-refractivity contribution in [2.45, 2.75) is 58.4 Å². The van der Waals surface area contributed by atoms with Gasteiger partial charge in [0.1, 0.15) is 0 Å². The monoisotopic (exact) mass is 369 g/mol. The number of amides is 3. The average molecular weight is 370 g/mol. The van der Waals surface area contributed by atoms with Crippen molar-refractivity contribution >= 4 is 17.6 Å². The van der Waals surface area contributed by atoms with E-state index in [-0.39, 0.29) is 18.0 Å². The van der Waals surface area contributed by atoms with E-state index in [0.29, 0.717) is 17.2 Å². The number of anilines is 1. The molecule has 0 spiro atoms. The van der Waals surface area contributed by atoms with E-state index in [2.05, 4.69) is 17.6 Å². The molecule has 3 fully saturated rings. The Morgan fingerprint density at radius 1 is 1.15 bits per heavy atom. The largest absolute Gasteiger partial charge is 0.339 e. The highest BCUT2D eigenvalue weighted by Gasteiger charge is 2.42. The van der Waals surface area contributed by atoms with Crippen LogP contribution in [0.4, 0.5) is 10.5 Å². The first kappa shape index (κ1) is 18.3. The zero-order chi connectivity index (χ0) is 19.0. The van der Waals surface area contributed by atoms with Gasteiger partial charge in [0.15, 0.2) is 0 Å². The second-order valence-electron chi connectivity index (χ2n) is 8.72. The SMILES string of the molecule is Cc1cccc(C(=O)N2CCCC2)c1NC(=O)N[C@H](C)[C@H]1C[C@H]2CC[C@H]1C2. The predicted octanol–water partition coefficient (Wildman–Crippen LogP) is 4.18. The van der Waals surface area contributed by atoms with Gasteiger partial charge in [-0.1, -0.05) is 18.6 Å². The minimum atomic E-state index is -0.199. The topological polar surface area (TPSA) is 61.4 Å². The zero-order valence-electron chi connectivity index (χ0n) is 16.5. The van der Waals surface area contributed by atoms with Gasteiger partial charge in [-0.3, -0.25) is 4.79 Å². The predicted molar refractivity (Wildman–Crippen MR) is 107 cm³/mol. The Bertz CT molecular complexity index is 726. The summed E-state index contributed by atoms with van der Waals surface area (Å²) >= 11 is 0. The fraction of sp³-hybridized carbons (Fsp3) is 0.636. The third kappa shape index (κ3) is 3.69. The number of hydrogen-bond donors (Lipinski definition) is 2. The number of carbonyl (C=O) groups is 2. The van der Waals surface area contributed by atoms with E-state index in [1.807, 2.05) is 30.0 Å². The van der Waals surface area contributed by atoms with E-state index in [1.165, 1.54) is 25.7 Å². The molecule has 5 heteroatoms. The number of para-hydroxylation sites is 1. The van der Waals surface area contributed by atoms with Crippen LogP contribution < -0.4 is 10.6 Å². The maximum atomic E-state index is 12.9. The molecule has 1 aromatic rings. The number of benzene rings is 1. The molecule has 27 heavy (non-hydrogen) atoms. The summed E-state index contributed by atoms with van der Waals surface area (Å²) in [4.78, 5) is 27.4. The molecule has 1 aromatic carbocycles. The van der Waals surface area contributed by atoms with Gasteiger partial charge in [0.05, 0.1) is 11.3 Å². The normalized spacial score (nSPS) is 27.6. The molecule has 0 radical (unpaired) electrons. The van der Waals surface area contributed by atoms with Gasteiger partial charge in [0.25, 0.3) is 5.91 Å². The number of fused-ring (bicyclic) bond motifs is 2. The molecule has 2 saturated carbocycles. The van der Waals surface area contributed by atoms with Gasteiger partial charge in [-0.2, -0.15) is 0 Å². The van der Waals surface area contributed by atoms with E-state index >= 15 is 0 Å². The first-order valence-corrected chi connectivity index (χ1v) is 10.5. The minimum Gasteiger partial charge on any atom is -0.339 e. The summed E-state index contributed by atoms with van der Waals surface area (Å²) in [6, 6.07) is 5.62.